The van der Waals surface area contributed by atoms with Gasteiger partial charge in [0.2, 0.25) is 0 Å². The first-order valence-corrected chi connectivity index (χ1v) is 9.92. The van der Waals surface area contributed by atoms with Gasteiger partial charge in [-0.25, -0.2) is 0 Å². The van der Waals surface area contributed by atoms with Crippen molar-refractivity contribution < 1.29 is 9.47 Å². The van der Waals surface area contributed by atoms with Crippen molar-refractivity contribution in [2.75, 3.05) is 39.9 Å². The molecule has 152 valence electrons. The van der Waals surface area contributed by atoms with E-state index in [1.165, 1.54) is 5.56 Å². The van der Waals surface area contributed by atoms with E-state index in [0.717, 1.165) is 51.6 Å². The van der Waals surface area contributed by atoms with E-state index in [1.54, 1.807) is 0 Å². The van der Waals surface area contributed by atoms with Gasteiger partial charge in [-0.05, 0) is 24.3 Å². The molecule has 2 saturated heterocycles. The molecule has 1 N–H and O–H groups in total. The summed E-state index contributed by atoms with van der Waals surface area (Å²) >= 11 is 0. The summed E-state index contributed by atoms with van der Waals surface area (Å²) < 4.78 is 11.8. The smallest absolute Gasteiger partial charge is 0.193 e. The fourth-order valence-electron chi connectivity index (χ4n) is 3.96. The molecule has 3 atom stereocenters. The standard InChI is InChI=1S/C21H33N3O2.HI/c1-16(2)18(17-8-5-4-6-9-17)14-23-21(22-3)24-11-13-26-20(15-24)19-10-7-12-25-19;/h4-6,8-9,16,18-20H,7,10-15H2,1-3H3,(H,22,23);1H. The van der Waals surface area contributed by atoms with Gasteiger partial charge in [-0.15, -0.1) is 24.0 Å². The molecule has 3 unspecified atom stereocenters. The zero-order valence-corrected chi connectivity index (χ0v) is 19.1. The van der Waals surface area contributed by atoms with E-state index in [0.29, 0.717) is 11.8 Å². The zero-order chi connectivity index (χ0) is 18.4. The predicted molar refractivity (Wildman–Crippen MR) is 121 cm³/mol. The summed E-state index contributed by atoms with van der Waals surface area (Å²) in [6.07, 6.45) is 2.64. The van der Waals surface area contributed by atoms with Gasteiger partial charge in [-0.1, -0.05) is 44.2 Å². The van der Waals surface area contributed by atoms with Crippen LogP contribution in [0.4, 0.5) is 0 Å². The van der Waals surface area contributed by atoms with Crippen LogP contribution in [0, 0.1) is 5.92 Å². The van der Waals surface area contributed by atoms with Gasteiger partial charge in [-0.2, -0.15) is 0 Å². The second-order valence-corrected chi connectivity index (χ2v) is 7.60. The van der Waals surface area contributed by atoms with Crippen molar-refractivity contribution in [3.8, 4) is 0 Å². The van der Waals surface area contributed by atoms with Crippen molar-refractivity contribution in [3.63, 3.8) is 0 Å². The maximum atomic E-state index is 5.97. The summed E-state index contributed by atoms with van der Waals surface area (Å²) in [6.45, 7) is 8.77. The number of nitrogens with zero attached hydrogens (tertiary/aromatic N) is 2. The molecule has 1 aromatic carbocycles. The molecule has 0 saturated carbocycles. The van der Waals surface area contributed by atoms with E-state index in [4.69, 9.17) is 9.47 Å². The lowest BCUT2D eigenvalue weighted by Gasteiger charge is -2.37. The zero-order valence-electron chi connectivity index (χ0n) is 16.8. The third-order valence-electron chi connectivity index (χ3n) is 5.50. The molecule has 2 fully saturated rings. The number of hydrogen-bond acceptors (Lipinski definition) is 3. The highest BCUT2D eigenvalue weighted by molar-refractivity contribution is 14.0. The Hall–Kier alpha value is -0.860. The van der Waals surface area contributed by atoms with Crippen LogP contribution in [0.2, 0.25) is 0 Å². The predicted octanol–water partition coefficient (Wildman–Crippen LogP) is 3.50. The molecule has 6 heteroatoms. The van der Waals surface area contributed by atoms with Gasteiger partial charge in [-0.3, -0.25) is 4.99 Å². The Bertz CT molecular complexity index is 576. The van der Waals surface area contributed by atoms with Crippen LogP contribution in [0.15, 0.2) is 35.3 Å². The van der Waals surface area contributed by atoms with Gasteiger partial charge in [0.15, 0.2) is 5.96 Å². The normalized spacial score (nSPS) is 24.6. The molecule has 2 heterocycles. The number of guanidine groups is 1. The number of aliphatic imine (C=N–C) groups is 1. The molecule has 2 aliphatic heterocycles. The van der Waals surface area contributed by atoms with Crippen LogP contribution in [0.3, 0.4) is 0 Å². The van der Waals surface area contributed by atoms with Gasteiger partial charge in [0.05, 0.1) is 12.7 Å². The molecule has 27 heavy (non-hydrogen) atoms. The maximum absolute atomic E-state index is 5.97. The Morgan fingerprint density at radius 3 is 2.56 bits per heavy atom. The third-order valence-corrected chi connectivity index (χ3v) is 5.50. The fourth-order valence-corrected chi connectivity index (χ4v) is 3.96. The van der Waals surface area contributed by atoms with E-state index in [2.05, 4.69) is 59.4 Å². The van der Waals surface area contributed by atoms with E-state index < -0.39 is 0 Å². The first-order chi connectivity index (χ1) is 12.7. The minimum Gasteiger partial charge on any atom is -0.375 e. The highest BCUT2D eigenvalue weighted by Gasteiger charge is 2.32. The lowest BCUT2D eigenvalue weighted by molar-refractivity contribution is -0.0817. The molecular weight excluding hydrogens is 453 g/mol. The molecule has 0 spiro atoms. The molecule has 5 nitrogen and oxygen atoms in total. The summed E-state index contributed by atoms with van der Waals surface area (Å²) in [6, 6.07) is 10.8. The van der Waals surface area contributed by atoms with Crippen molar-refractivity contribution in [2.45, 2.75) is 44.8 Å². The molecular formula is C21H34IN3O2. The number of ether oxygens (including phenoxy) is 2. The van der Waals surface area contributed by atoms with E-state index in [9.17, 15) is 0 Å². The molecule has 1 aromatic rings. The monoisotopic (exact) mass is 487 g/mol. The molecule has 0 amide bonds. The van der Waals surface area contributed by atoms with Crippen molar-refractivity contribution in [1.29, 1.82) is 0 Å². The van der Waals surface area contributed by atoms with Crippen LogP contribution in [0.25, 0.3) is 0 Å². The number of benzene rings is 1. The van der Waals surface area contributed by atoms with Crippen molar-refractivity contribution in [3.05, 3.63) is 35.9 Å². The second kappa shape index (κ2) is 11.2. The molecule has 0 aromatic heterocycles. The number of morpholine rings is 1. The molecule has 0 aliphatic carbocycles. The first kappa shape index (κ1) is 22.4. The molecule has 0 radical (unpaired) electrons. The maximum Gasteiger partial charge on any atom is 0.193 e. The van der Waals surface area contributed by atoms with Crippen LogP contribution < -0.4 is 5.32 Å². The van der Waals surface area contributed by atoms with Crippen LogP contribution >= 0.6 is 24.0 Å². The van der Waals surface area contributed by atoms with E-state index in [-0.39, 0.29) is 36.2 Å². The van der Waals surface area contributed by atoms with Gasteiger partial charge >= 0.3 is 0 Å². The number of hydrogen-bond donors (Lipinski definition) is 1. The highest BCUT2D eigenvalue weighted by atomic mass is 127. The first-order valence-electron chi connectivity index (χ1n) is 9.92. The summed E-state index contributed by atoms with van der Waals surface area (Å²) in [5, 5.41) is 3.61. The van der Waals surface area contributed by atoms with Gasteiger partial charge in [0, 0.05) is 39.2 Å². The SMILES string of the molecule is CN=C(NCC(c1ccccc1)C(C)C)N1CCOC(C2CCCO2)C1.I. The second-order valence-electron chi connectivity index (χ2n) is 7.60. The van der Waals surface area contributed by atoms with Gasteiger partial charge in [0.1, 0.15) is 6.10 Å². The quantitative estimate of drug-likeness (QED) is 0.393. The number of halogens is 1. The molecule has 2 aliphatic rings. The average molecular weight is 487 g/mol. The van der Waals surface area contributed by atoms with Crippen LogP contribution in [0.1, 0.15) is 38.2 Å². The Morgan fingerprint density at radius 1 is 1.19 bits per heavy atom. The van der Waals surface area contributed by atoms with Crippen molar-refractivity contribution in [1.82, 2.24) is 10.2 Å². The summed E-state index contributed by atoms with van der Waals surface area (Å²) in [7, 11) is 1.87. The van der Waals surface area contributed by atoms with Gasteiger partial charge < -0.3 is 19.7 Å². The lowest BCUT2D eigenvalue weighted by atomic mass is 9.88. The van der Waals surface area contributed by atoms with Crippen molar-refractivity contribution in [2.24, 2.45) is 10.9 Å². The topological polar surface area (TPSA) is 46.1 Å². The Morgan fingerprint density at radius 2 is 1.93 bits per heavy atom. The third kappa shape index (κ3) is 6.06. The Balaban J connectivity index is 0.00000261. The van der Waals surface area contributed by atoms with Crippen LogP contribution in [0.5, 0.6) is 0 Å². The Kier molecular flexibility index (Phi) is 9.32. The van der Waals surface area contributed by atoms with Crippen LogP contribution in [-0.2, 0) is 9.47 Å². The number of rotatable bonds is 5. The number of nitrogens with one attached hydrogen (secondary N) is 1. The minimum absolute atomic E-state index is 0. The van der Waals surface area contributed by atoms with E-state index in [1.807, 2.05) is 7.05 Å². The minimum atomic E-state index is 0. The highest BCUT2D eigenvalue weighted by Crippen LogP contribution is 2.24. The summed E-state index contributed by atoms with van der Waals surface area (Å²) in [4.78, 5) is 6.85. The summed E-state index contributed by atoms with van der Waals surface area (Å²) in [5.74, 6) is 1.99. The fraction of sp³-hybridized carbons (Fsp3) is 0.667. The largest absolute Gasteiger partial charge is 0.375 e. The molecule has 0 bridgehead atoms. The van der Waals surface area contributed by atoms with E-state index >= 15 is 0 Å². The average Bonchev–Trinajstić information content (AvgIpc) is 3.21. The van der Waals surface area contributed by atoms with Gasteiger partial charge in [0.25, 0.3) is 0 Å². The lowest BCUT2D eigenvalue weighted by Crippen LogP contribution is -2.53. The Labute approximate surface area is 180 Å². The summed E-state index contributed by atoms with van der Waals surface area (Å²) in [5.41, 5.74) is 1.38. The van der Waals surface area contributed by atoms with Crippen LogP contribution in [-0.4, -0.2) is 63.0 Å². The van der Waals surface area contributed by atoms with Crippen molar-refractivity contribution >= 4 is 29.9 Å². The molecule has 3 rings (SSSR count).